The standard InChI is InChI=1S/C10H5N5O4/c16-7-5(2-12-10(19)14-7)15-8(17)4-1-11-3-13-6(4)9(15)18/h1-3H,(H2,12,14,16,19). The van der Waals surface area contributed by atoms with E-state index in [1.165, 1.54) is 6.20 Å². The summed E-state index contributed by atoms with van der Waals surface area (Å²) in [5, 5.41) is 0. The van der Waals surface area contributed by atoms with Crippen LogP contribution >= 0.6 is 0 Å². The van der Waals surface area contributed by atoms with E-state index >= 15 is 0 Å². The van der Waals surface area contributed by atoms with Gasteiger partial charge >= 0.3 is 5.69 Å². The minimum Gasteiger partial charge on any atom is -0.312 e. The highest BCUT2D eigenvalue weighted by molar-refractivity contribution is 6.33. The number of hydrogen-bond acceptors (Lipinski definition) is 6. The summed E-state index contributed by atoms with van der Waals surface area (Å²) in [5.41, 5.74) is -1.91. The first-order valence-corrected chi connectivity index (χ1v) is 5.10. The van der Waals surface area contributed by atoms with E-state index in [2.05, 4.69) is 15.0 Å². The number of amides is 2. The summed E-state index contributed by atoms with van der Waals surface area (Å²) in [7, 11) is 0. The Balaban J connectivity index is 2.19. The van der Waals surface area contributed by atoms with Gasteiger partial charge in [0.05, 0.1) is 5.56 Å². The lowest BCUT2D eigenvalue weighted by atomic mass is 10.3. The zero-order chi connectivity index (χ0) is 13.6. The number of imide groups is 1. The molecule has 0 unspecified atom stereocenters. The Kier molecular flexibility index (Phi) is 2.14. The van der Waals surface area contributed by atoms with Crippen LogP contribution < -0.4 is 16.1 Å². The molecule has 9 heteroatoms. The van der Waals surface area contributed by atoms with Crippen molar-refractivity contribution in [3.63, 3.8) is 0 Å². The Labute approximate surface area is 103 Å². The van der Waals surface area contributed by atoms with Gasteiger partial charge in [-0.25, -0.2) is 19.7 Å². The van der Waals surface area contributed by atoms with Crippen molar-refractivity contribution in [1.82, 2.24) is 19.9 Å². The molecule has 19 heavy (non-hydrogen) atoms. The van der Waals surface area contributed by atoms with E-state index in [0.29, 0.717) is 4.90 Å². The second-order valence-electron chi connectivity index (χ2n) is 3.69. The number of rotatable bonds is 1. The average Bonchev–Trinajstić information content (AvgIpc) is 2.64. The average molecular weight is 259 g/mol. The molecule has 0 radical (unpaired) electrons. The van der Waals surface area contributed by atoms with E-state index in [1.807, 2.05) is 4.98 Å². The van der Waals surface area contributed by atoms with E-state index < -0.39 is 23.1 Å². The largest absolute Gasteiger partial charge is 0.325 e. The molecule has 94 valence electrons. The molecule has 0 saturated carbocycles. The Morgan fingerprint density at radius 1 is 1.11 bits per heavy atom. The Morgan fingerprint density at radius 3 is 2.58 bits per heavy atom. The number of nitrogens with one attached hydrogen (secondary N) is 2. The Morgan fingerprint density at radius 2 is 1.89 bits per heavy atom. The zero-order valence-electron chi connectivity index (χ0n) is 9.21. The van der Waals surface area contributed by atoms with Gasteiger partial charge in [-0.05, 0) is 0 Å². The van der Waals surface area contributed by atoms with Gasteiger partial charge in [-0.3, -0.25) is 19.4 Å². The van der Waals surface area contributed by atoms with Crippen LogP contribution in [-0.4, -0.2) is 31.8 Å². The van der Waals surface area contributed by atoms with Gasteiger partial charge in [-0.2, -0.15) is 0 Å². The second kappa shape index (κ2) is 3.70. The fourth-order valence-corrected chi connectivity index (χ4v) is 1.76. The summed E-state index contributed by atoms with van der Waals surface area (Å²) in [4.78, 5) is 58.7. The third-order valence-electron chi connectivity index (χ3n) is 2.59. The van der Waals surface area contributed by atoms with Gasteiger partial charge in [0.2, 0.25) is 0 Å². The van der Waals surface area contributed by atoms with Crippen molar-refractivity contribution < 1.29 is 9.59 Å². The van der Waals surface area contributed by atoms with Crippen LogP contribution in [-0.2, 0) is 0 Å². The molecule has 0 saturated heterocycles. The summed E-state index contributed by atoms with van der Waals surface area (Å²) >= 11 is 0. The fourth-order valence-electron chi connectivity index (χ4n) is 1.76. The number of carbonyl (C=O) groups excluding carboxylic acids is 2. The smallest absolute Gasteiger partial charge is 0.312 e. The summed E-state index contributed by atoms with van der Waals surface area (Å²) in [6, 6.07) is 0. The van der Waals surface area contributed by atoms with Gasteiger partial charge in [-0.1, -0.05) is 0 Å². The van der Waals surface area contributed by atoms with Gasteiger partial charge in [0.15, 0.2) is 0 Å². The summed E-state index contributed by atoms with van der Waals surface area (Å²) in [6.07, 6.45) is 3.32. The minimum absolute atomic E-state index is 0.0121. The first kappa shape index (κ1) is 11.0. The van der Waals surface area contributed by atoms with Crippen molar-refractivity contribution in [2.24, 2.45) is 0 Å². The first-order valence-electron chi connectivity index (χ1n) is 5.10. The maximum absolute atomic E-state index is 12.0. The van der Waals surface area contributed by atoms with E-state index in [9.17, 15) is 19.2 Å². The van der Waals surface area contributed by atoms with Crippen LogP contribution in [0.15, 0.2) is 28.3 Å². The molecule has 2 N–H and O–H groups in total. The highest BCUT2D eigenvalue weighted by atomic mass is 16.2. The maximum atomic E-state index is 12.0. The van der Waals surface area contributed by atoms with Gasteiger partial charge in [-0.15, -0.1) is 0 Å². The highest BCUT2D eigenvalue weighted by Crippen LogP contribution is 2.22. The number of carbonyl (C=O) groups is 2. The van der Waals surface area contributed by atoms with E-state index in [-0.39, 0.29) is 16.9 Å². The molecule has 9 nitrogen and oxygen atoms in total. The Bertz CT molecular complexity index is 786. The van der Waals surface area contributed by atoms with Crippen LogP contribution in [0.1, 0.15) is 20.8 Å². The molecule has 2 aromatic rings. The number of aromatic amines is 2. The summed E-state index contributed by atoms with van der Waals surface area (Å²) in [6.45, 7) is 0. The quantitative estimate of drug-likeness (QED) is 0.609. The van der Waals surface area contributed by atoms with Gasteiger partial charge in [0.25, 0.3) is 17.4 Å². The van der Waals surface area contributed by atoms with Gasteiger partial charge in [0, 0.05) is 12.4 Å². The topological polar surface area (TPSA) is 129 Å². The van der Waals surface area contributed by atoms with Crippen LogP contribution in [0.3, 0.4) is 0 Å². The number of fused-ring (bicyclic) bond motifs is 1. The molecular formula is C10H5N5O4. The van der Waals surface area contributed by atoms with Crippen molar-refractivity contribution >= 4 is 17.5 Å². The molecular weight excluding hydrogens is 254 g/mol. The van der Waals surface area contributed by atoms with Crippen molar-refractivity contribution in [1.29, 1.82) is 0 Å². The minimum atomic E-state index is -0.841. The number of aromatic nitrogens is 4. The normalized spacial score (nSPS) is 13.8. The molecule has 0 aliphatic carbocycles. The third kappa shape index (κ3) is 1.48. The molecule has 2 aromatic heterocycles. The lowest BCUT2D eigenvalue weighted by Gasteiger charge is -2.10. The monoisotopic (exact) mass is 259 g/mol. The maximum Gasteiger partial charge on any atom is 0.325 e. The van der Waals surface area contributed by atoms with E-state index in [4.69, 9.17) is 0 Å². The van der Waals surface area contributed by atoms with Crippen LogP contribution in [0, 0.1) is 0 Å². The van der Waals surface area contributed by atoms with E-state index in [0.717, 1.165) is 12.5 Å². The number of nitrogens with zero attached hydrogens (tertiary/aromatic N) is 3. The molecule has 2 amide bonds. The molecule has 1 aliphatic heterocycles. The predicted octanol–water partition coefficient (Wildman–Crippen LogP) is -1.35. The van der Waals surface area contributed by atoms with Crippen LogP contribution in [0.2, 0.25) is 0 Å². The van der Waals surface area contributed by atoms with Crippen molar-refractivity contribution in [2.45, 2.75) is 0 Å². The zero-order valence-corrected chi connectivity index (χ0v) is 9.21. The molecule has 1 aliphatic rings. The van der Waals surface area contributed by atoms with Crippen molar-refractivity contribution in [3.8, 4) is 0 Å². The molecule has 0 aromatic carbocycles. The highest BCUT2D eigenvalue weighted by Gasteiger charge is 2.39. The van der Waals surface area contributed by atoms with Gasteiger partial charge in [0.1, 0.15) is 17.7 Å². The molecule has 0 atom stereocenters. The van der Waals surface area contributed by atoms with Gasteiger partial charge < -0.3 is 4.98 Å². The SMILES string of the molecule is O=C1c2cncnc2C(=O)N1c1c[nH]c(=O)[nH]c1=O. The predicted molar refractivity (Wildman–Crippen MR) is 60.9 cm³/mol. The van der Waals surface area contributed by atoms with Crippen molar-refractivity contribution in [3.05, 3.63) is 50.8 Å². The first-order chi connectivity index (χ1) is 9.09. The summed E-state index contributed by atoms with van der Waals surface area (Å²) < 4.78 is 0. The molecule has 3 rings (SSSR count). The lowest BCUT2D eigenvalue weighted by Crippen LogP contribution is -2.36. The van der Waals surface area contributed by atoms with E-state index in [1.54, 1.807) is 0 Å². The van der Waals surface area contributed by atoms with Crippen LogP contribution in [0.4, 0.5) is 5.69 Å². The number of hydrogen-bond donors (Lipinski definition) is 2. The Hall–Kier alpha value is -3.10. The van der Waals surface area contributed by atoms with Crippen molar-refractivity contribution in [2.75, 3.05) is 4.90 Å². The van der Waals surface area contributed by atoms with Crippen LogP contribution in [0.5, 0.6) is 0 Å². The third-order valence-corrected chi connectivity index (χ3v) is 2.59. The fraction of sp³-hybridized carbons (Fsp3) is 0. The molecule has 0 bridgehead atoms. The number of anilines is 1. The van der Waals surface area contributed by atoms with Crippen LogP contribution in [0.25, 0.3) is 0 Å². The second-order valence-corrected chi connectivity index (χ2v) is 3.69. The summed E-state index contributed by atoms with van der Waals surface area (Å²) in [5.74, 6) is -1.45. The number of H-pyrrole nitrogens is 2. The molecule has 0 fully saturated rings. The molecule has 3 heterocycles. The molecule has 0 spiro atoms. The lowest BCUT2D eigenvalue weighted by molar-refractivity contribution is 0.0924.